The summed E-state index contributed by atoms with van der Waals surface area (Å²) in [6, 6.07) is 5.93. The second-order valence-corrected chi connectivity index (χ2v) is 10.3. The normalized spacial score (nSPS) is 22.8. The molecular formula is C26H32F3N5O3. The monoisotopic (exact) mass is 519 g/mol. The number of ketones is 1. The van der Waals surface area contributed by atoms with Crippen molar-refractivity contribution in [2.75, 3.05) is 57.4 Å². The van der Waals surface area contributed by atoms with Gasteiger partial charge in [-0.2, -0.15) is 23.0 Å². The number of alkyl halides is 3. The summed E-state index contributed by atoms with van der Waals surface area (Å²) < 4.78 is 48.5. The Balaban J connectivity index is 1.25. The standard InChI is InChI=1S/C26H32F3N5O3/c1-2-23(35)22-5-8-34(30-22)24(36)33-10-7-25(18-33)6-9-31(17-25)16-19-3-4-20(15-21(19)26(27,28)29)32-11-13-37-14-12-32/h3-5,8,15H,2,6-7,9-14,16-18H2,1H3. The number of likely N-dealkylation sites (tertiary alicyclic amines) is 2. The predicted octanol–water partition coefficient (Wildman–Crippen LogP) is 3.90. The molecule has 200 valence electrons. The zero-order valence-corrected chi connectivity index (χ0v) is 21.0. The van der Waals surface area contributed by atoms with Gasteiger partial charge in [-0.1, -0.05) is 13.0 Å². The molecule has 3 aliphatic rings. The first kappa shape index (κ1) is 25.7. The largest absolute Gasteiger partial charge is 0.416 e. The molecule has 1 aromatic heterocycles. The summed E-state index contributed by atoms with van der Waals surface area (Å²) >= 11 is 0. The van der Waals surface area contributed by atoms with Gasteiger partial charge in [0.2, 0.25) is 0 Å². The average molecular weight is 520 g/mol. The van der Waals surface area contributed by atoms with Gasteiger partial charge >= 0.3 is 12.2 Å². The number of carbonyl (C=O) groups excluding carboxylic acids is 2. The van der Waals surface area contributed by atoms with Crippen LogP contribution in [0.25, 0.3) is 0 Å². The molecule has 1 unspecified atom stereocenters. The van der Waals surface area contributed by atoms with Crippen LogP contribution in [0.15, 0.2) is 30.5 Å². The molecule has 37 heavy (non-hydrogen) atoms. The Hall–Kier alpha value is -2.92. The highest BCUT2D eigenvalue weighted by atomic mass is 19.4. The molecule has 3 aliphatic heterocycles. The van der Waals surface area contributed by atoms with Crippen LogP contribution < -0.4 is 4.90 Å². The fourth-order valence-corrected chi connectivity index (χ4v) is 5.72. The van der Waals surface area contributed by atoms with Crippen molar-refractivity contribution < 1.29 is 27.5 Å². The highest BCUT2D eigenvalue weighted by molar-refractivity contribution is 5.94. The molecule has 2 aromatic rings. The van der Waals surface area contributed by atoms with Crippen molar-refractivity contribution in [2.45, 2.75) is 38.9 Å². The first-order chi connectivity index (χ1) is 17.7. The third-order valence-corrected chi connectivity index (χ3v) is 7.79. The zero-order chi connectivity index (χ0) is 26.2. The van der Waals surface area contributed by atoms with Crippen LogP contribution in [0.2, 0.25) is 0 Å². The lowest BCUT2D eigenvalue weighted by molar-refractivity contribution is -0.138. The summed E-state index contributed by atoms with van der Waals surface area (Å²) in [5.41, 5.74) is 0.396. The van der Waals surface area contributed by atoms with Crippen LogP contribution in [-0.4, -0.2) is 83.9 Å². The summed E-state index contributed by atoms with van der Waals surface area (Å²) in [5.74, 6) is -0.118. The second kappa shape index (κ2) is 10.1. The van der Waals surface area contributed by atoms with E-state index in [2.05, 4.69) is 10.00 Å². The van der Waals surface area contributed by atoms with Gasteiger partial charge in [0, 0.05) is 63.0 Å². The number of ether oxygens (including phenoxy) is 1. The van der Waals surface area contributed by atoms with Gasteiger partial charge in [-0.3, -0.25) is 9.69 Å². The molecular weight excluding hydrogens is 487 g/mol. The minimum absolute atomic E-state index is 0.118. The number of aromatic nitrogens is 2. The van der Waals surface area contributed by atoms with Gasteiger partial charge in [0.15, 0.2) is 5.78 Å². The predicted molar refractivity (Wildman–Crippen MR) is 131 cm³/mol. The number of hydrogen-bond donors (Lipinski definition) is 0. The fraction of sp³-hybridized carbons (Fsp3) is 0.577. The van der Waals surface area contributed by atoms with Crippen molar-refractivity contribution in [3.8, 4) is 0 Å². The maximum atomic E-state index is 14.0. The number of halogens is 3. The molecule has 0 bridgehead atoms. The number of anilines is 1. The number of morpholine rings is 1. The van der Waals surface area contributed by atoms with Gasteiger partial charge in [-0.15, -0.1) is 0 Å². The van der Waals surface area contributed by atoms with Gasteiger partial charge < -0.3 is 14.5 Å². The SMILES string of the molecule is CCC(=O)c1ccn(C(=O)N2CCC3(CCN(Cc4ccc(N5CCOCC5)cc4C(F)(F)F)C3)C2)n1. The molecule has 0 N–H and O–H groups in total. The average Bonchev–Trinajstić information content (AvgIpc) is 3.64. The number of hydrogen-bond acceptors (Lipinski definition) is 6. The van der Waals surface area contributed by atoms with Crippen LogP contribution in [0.5, 0.6) is 0 Å². The van der Waals surface area contributed by atoms with E-state index in [9.17, 15) is 22.8 Å². The molecule has 1 spiro atoms. The van der Waals surface area contributed by atoms with Gasteiger partial charge in [-0.05, 0) is 43.1 Å². The van der Waals surface area contributed by atoms with Crippen LogP contribution in [0.1, 0.15) is 47.8 Å². The van der Waals surface area contributed by atoms with Crippen LogP contribution in [0.4, 0.5) is 23.7 Å². The van der Waals surface area contributed by atoms with Crippen LogP contribution in [-0.2, 0) is 17.5 Å². The Morgan fingerprint density at radius 3 is 2.54 bits per heavy atom. The van der Waals surface area contributed by atoms with Crippen LogP contribution >= 0.6 is 0 Å². The molecule has 1 amide bonds. The Morgan fingerprint density at radius 2 is 1.81 bits per heavy atom. The fourth-order valence-electron chi connectivity index (χ4n) is 5.72. The van der Waals surface area contributed by atoms with Gasteiger partial charge in [-0.25, -0.2) is 4.79 Å². The Bertz CT molecular complexity index is 1160. The number of amides is 1. The van der Waals surface area contributed by atoms with E-state index in [-0.39, 0.29) is 35.0 Å². The smallest absolute Gasteiger partial charge is 0.378 e. The first-order valence-electron chi connectivity index (χ1n) is 12.8. The molecule has 1 aromatic carbocycles. The zero-order valence-electron chi connectivity index (χ0n) is 21.0. The highest BCUT2D eigenvalue weighted by Gasteiger charge is 2.45. The summed E-state index contributed by atoms with van der Waals surface area (Å²) in [5, 5.41) is 4.13. The summed E-state index contributed by atoms with van der Waals surface area (Å²) in [4.78, 5) is 30.6. The van der Waals surface area contributed by atoms with Gasteiger partial charge in [0.25, 0.3) is 0 Å². The lowest BCUT2D eigenvalue weighted by Crippen LogP contribution is -2.37. The lowest BCUT2D eigenvalue weighted by atomic mass is 9.86. The van der Waals surface area contributed by atoms with E-state index in [1.165, 1.54) is 16.9 Å². The van der Waals surface area contributed by atoms with Crippen LogP contribution in [0.3, 0.4) is 0 Å². The molecule has 0 aliphatic carbocycles. The summed E-state index contributed by atoms with van der Waals surface area (Å²) in [6.07, 6.45) is -0.994. The van der Waals surface area contributed by atoms with E-state index in [1.807, 2.05) is 4.90 Å². The molecule has 8 nitrogen and oxygen atoms in total. The number of carbonyl (C=O) groups is 2. The Morgan fingerprint density at radius 1 is 1.05 bits per heavy atom. The van der Waals surface area contributed by atoms with E-state index in [0.717, 1.165) is 12.8 Å². The number of nitrogens with zero attached hydrogens (tertiary/aromatic N) is 5. The number of rotatable bonds is 5. The highest BCUT2D eigenvalue weighted by Crippen LogP contribution is 2.41. The number of benzene rings is 1. The molecule has 5 rings (SSSR count). The van der Waals surface area contributed by atoms with Crippen LogP contribution in [0, 0.1) is 5.41 Å². The molecule has 3 saturated heterocycles. The third-order valence-electron chi connectivity index (χ3n) is 7.79. The van der Waals surface area contributed by atoms with E-state index < -0.39 is 11.7 Å². The minimum Gasteiger partial charge on any atom is -0.378 e. The van der Waals surface area contributed by atoms with E-state index in [1.54, 1.807) is 30.0 Å². The van der Waals surface area contributed by atoms with Crippen molar-refractivity contribution in [3.63, 3.8) is 0 Å². The van der Waals surface area contributed by atoms with Gasteiger partial charge in [0.1, 0.15) is 5.69 Å². The quantitative estimate of drug-likeness (QED) is 0.559. The Kier molecular flexibility index (Phi) is 7.01. The molecule has 1 atom stereocenters. The van der Waals surface area contributed by atoms with E-state index in [4.69, 9.17) is 4.74 Å². The molecule has 3 fully saturated rings. The maximum absolute atomic E-state index is 14.0. The summed E-state index contributed by atoms with van der Waals surface area (Å²) in [6.45, 7) is 6.55. The van der Waals surface area contributed by atoms with Crippen molar-refractivity contribution in [1.29, 1.82) is 0 Å². The van der Waals surface area contributed by atoms with Crippen molar-refractivity contribution in [2.24, 2.45) is 5.41 Å². The molecule has 0 saturated carbocycles. The summed E-state index contributed by atoms with van der Waals surface area (Å²) in [7, 11) is 0. The molecule has 4 heterocycles. The molecule has 0 radical (unpaired) electrons. The topological polar surface area (TPSA) is 70.9 Å². The lowest BCUT2D eigenvalue weighted by Gasteiger charge is -2.30. The van der Waals surface area contributed by atoms with Crippen molar-refractivity contribution in [1.82, 2.24) is 19.6 Å². The first-order valence-corrected chi connectivity index (χ1v) is 12.8. The van der Waals surface area contributed by atoms with E-state index >= 15 is 0 Å². The van der Waals surface area contributed by atoms with Crippen molar-refractivity contribution >= 4 is 17.5 Å². The van der Waals surface area contributed by atoms with E-state index in [0.29, 0.717) is 64.6 Å². The third kappa shape index (κ3) is 5.38. The number of Topliss-reactive ketones (excluding diaryl/α,β-unsaturated/α-hetero) is 1. The van der Waals surface area contributed by atoms with Gasteiger partial charge in [0.05, 0.1) is 18.8 Å². The Labute approximate surface area is 213 Å². The minimum atomic E-state index is -4.44. The second-order valence-electron chi connectivity index (χ2n) is 10.3. The van der Waals surface area contributed by atoms with Crippen molar-refractivity contribution in [3.05, 3.63) is 47.3 Å². The molecule has 11 heteroatoms. The maximum Gasteiger partial charge on any atom is 0.416 e.